The predicted molar refractivity (Wildman–Crippen MR) is 115 cm³/mol. The predicted octanol–water partition coefficient (Wildman–Crippen LogP) is 4.94. The molecule has 2 aliphatic heterocycles. The molecule has 2 aromatic carbocycles. The molecule has 3 unspecified atom stereocenters. The van der Waals surface area contributed by atoms with Gasteiger partial charge in [-0.25, -0.2) is 0 Å². The van der Waals surface area contributed by atoms with Gasteiger partial charge in [-0.15, -0.1) is 0 Å². The van der Waals surface area contributed by atoms with Crippen LogP contribution in [0.1, 0.15) is 56.6 Å². The van der Waals surface area contributed by atoms with Crippen LogP contribution in [0.5, 0.6) is 0 Å². The molecule has 0 spiro atoms. The molecular formula is C26H31NO2. The number of carbonyl (C=O) groups is 1. The number of hydrogen-bond acceptors (Lipinski definition) is 3. The molecule has 29 heavy (non-hydrogen) atoms. The first-order valence-corrected chi connectivity index (χ1v) is 11.1. The fourth-order valence-corrected chi connectivity index (χ4v) is 6.04. The minimum absolute atomic E-state index is 0.0264. The van der Waals surface area contributed by atoms with E-state index in [4.69, 9.17) is 4.74 Å². The van der Waals surface area contributed by atoms with Crippen molar-refractivity contribution in [2.45, 2.75) is 68.5 Å². The molecular weight excluding hydrogens is 358 g/mol. The molecule has 3 fully saturated rings. The van der Waals surface area contributed by atoms with Crippen molar-refractivity contribution in [2.24, 2.45) is 5.92 Å². The first kappa shape index (κ1) is 18.9. The van der Waals surface area contributed by atoms with Crippen molar-refractivity contribution < 1.29 is 9.53 Å². The van der Waals surface area contributed by atoms with Gasteiger partial charge in [0.05, 0.1) is 0 Å². The van der Waals surface area contributed by atoms with E-state index < -0.39 is 5.41 Å². The van der Waals surface area contributed by atoms with E-state index in [1.54, 1.807) is 0 Å². The van der Waals surface area contributed by atoms with Gasteiger partial charge in [0.1, 0.15) is 11.5 Å². The average molecular weight is 390 g/mol. The van der Waals surface area contributed by atoms with Gasteiger partial charge < -0.3 is 4.74 Å². The lowest BCUT2D eigenvalue weighted by Crippen LogP contribution is -2.54. The second kappa shape index (κ2) is 6.98. The summed E-state index contributed by atoms with van der Waals surface area (Å²) in [4.78, 5) is 16.3. The molecule has 2 saturated heterocycles. The van der Waals surface area contributed by atoms with Gasteiger partial charge in [-0.05, 0) is 56.7 Å². The smallest absolute Gasteiger partial charge is 0.321 e. The molecule has 152 valence electrons. The van der Waals surface area contributed by atoms with Crippen molar-refractivity contribution in [3.05, 3.63) is 71.8 Å². The Balaban J connectivity index is 1.43. The van der Waals surface area contributed by atoms with Crippen LogP contribution in [0, 0.1) is 5.92 Å². The number of ether oxygens (including phenoxy) is 1. The number of nitrogens with zero attached hydrogens (tertiary/aromatic N) is 1. The van der Waals surface area contributed by atoms with Crippen molar-refractivity contribution in [1.29, 1.82) is 0 Å². The minimum Gasteiger partial charge on any atom is -0.461 e. The zero-order chi connectivity index (χ0) is 20.1. The van der Waals surface area contributed by atoms with Crippen LogP contribution in [0.25, 0.3) is 0 Å². The van der Waals surface area contributed by atoms with E-state index >= 15 is 0 Å². The molecule has 2 aromatic rings. The maximum Gasteiger partial charge on any atom is 0.321 e. The second-order valence-corrected chi connectivity index (χ2v) is 9.51. The molecule has 3 atom stereocenters. The molecule has 5 rings (SSSR count). The molecule has 0 radical (unpaired) electrons. The summed E-state index contributed by atoms with van der Waals surface area (Å²) in [7, 11) is 2.30. The Labute approximate surface area is 174 Å². The molecule has 0 aromatic heterocycles. The summed E-state index contributed by atoms with van der Waals surface area (Å²) in [5, 5.41) is 0. The molecule has 1 saturated carbocycles. The molecule has 1 aliphatic carbocycles. The lowest BCUT2D eigenvalue weighted by molar-refractivity contribution is -0.159. The normalized spacial score (nSPS) is 29.6. The Kier molecular flexibility index (Phi) is 4.54. The van der Waals surface area contributed by atoms with Crippen LogP contribution in [0.3, 0.4) is 0 Å². The Morgan fingerprint density at radius 3 is 2.14 bits per heavy atom. The summed E-state index contributed by atoms with van der Waals surface area (Å²) in [6, 6.07) is 20.7. The van der Waals surface area contributed by atoms with Gasteiger partial charge in [0.2, 0.25) is 0 Å². The number of rotatable bonds is 5. The van der Waals surface area contributed by atoms with Gasteiger partial charge >= 0.3 is 5.97 Å². The van der Waals surface area contributed by atoms with E-state index in [9.17, 15) is 4.79 Å². The molecule has 2 heterocycles. The minimum atomic E-state index is -0.794. The maximum atomic E-state index is 13.7. The van der Waals surface area contributed by atoms with Crippen molar-refractivity contribution in [3.63, 3.8) is 0 Å². The first-order chi connectivity index (χ1) is 14.0. The summed E-state index contributed by atoms with van der Waals surface area (Å²) in [6.45, 7) is 2.01. The average Bonchev–Trinajstić information content (AvgIpc) is 3.58. The summed E-state index contributed by atoms with van der Waals surface area (Å²) in [5.74, 6) is 0.684. The molecule has 3 aliphatic rings. The van der Waals surface area contributed by atoms with E-state index in [2.05, 4.69) is 11.9 Å². The Morgan fingerprint density at radius 2 is 1.59 bits per heavy atom. The second-order valence-electron chi connectivity index (χ2n) is 9.51. The highest BCUT2D eigenvalue weighted by Gasteiger charge is 2.58. The van der Waals surface area contributed by atoms with Crippen LogP contribution in [0.15, 0.2) is 60.7 Å². The zero-order valence-corrected chi connectivity index (χ0v) is 17.5. The van der Waals surface area contributed by atoms with E-state index in [1.807, 2.05) is 67.6 Å². The summed E-state index contributed by atoms with van der Waals surface area (Å²) < 4.78 is 6.33. The highest BCUT2D eigenvalue weighted by Crippen LogP contribution is 2.55. The summed E-state index contributed by atoms with van der Waals surface area (Å²) >= 11 is 0. The quantitative estimate of drug-likeness (QED) is 0.678. The van der Waals surface area contributed by atoms with Crippen LogP contribution < -0.4 is 0 Å². The SMILES string of the molecule is CN1C2CCC1(C1CC1)CC(OC(=O)C(C)(c1ccccc1)c1ccccc1)C2. The number of benzene rings is 2. The number of hydrogen-bond donors (Lipinski definition) is 0. The van der Waals surface area contributed by atoms with Gasteiger partial charge in [-0.3, -0.25) is 9.69 Å². The standard InChI is InChI=1S/C26H31NO2/c1-25(19-9-5-3-6-10-19,20-11-7-4-8-12-20)24(28)29-23-17-22-15-16-26(18-23,27(22)2)21-13-14-21/h3-12,21-23H,13-18H2,1-2H3. The van der Waals surface area contributed by atoms with Crippen LogP contribution in [0.2, 0.25) is 0 Å². The van der Waals surface area contributed by atoms with E-state index in [0.717, 1.165) is 29.9 Å². The van der Waals surface area contributed by atoms with E-state index in [0.29, 0.717) is 6.04 Å². The van der Waals surface area contributed by atoms with Crippen LogP contribution >= 0.6 is 0 Å². The highest BCUT2D eigenvalue weighted by molar-refractivity contribution is 5.87. The van der Waals surface area contributed by atoms with Gasteiger partial charge in [0.25, 0.3) is 0 Å². The van der Waals surface area contributed by atoms with E-state index in [-0.39, 0.29) is 17.6 Å². The van der Waals surface area contributed by atoms with Crippen LogP contribution in [-0.4, -0.2) is 35.6 Å². The number of carbonyl (C=O) groups excluding carboxylic acids is 1. The molecule has 3 nitrogen and oxygen atoms in total. The topological polar surface area (TPSA) is 29.5 Å². The molecule has 3 heteroatoms. The third-order valence-corrected chi connectivity index (χ3v) is 8.00. The Hall–Kier alpha value is -2.13. The van der Waals surface area contributed by atoms with Gasteiger partial charge in [-0.2, -0.15) is 0 Å². The van der Waals surface area contributed by atoms with Crippen molar-refractivity contribution in [1.82, 2.24) is 4.90 Å². The maximum absolute atomic E-state index is 13.7. The summed E-state index contributed by atoms with van der Waals surface area (Å²) in [6.07, 6.45) is 7.18. The summed E-state index contributed by atoms with van der Waals surface area (Å²) in [5.41, 5.74) is 1.45. The molecule has 2 bridgehead atoms. The van der Waals surface area contributed by atoms with E-state index in [1.165, 1.54) is 25.7 Å². The number of piperidine rings is 1. The van der Waals surface area contributed by atoms with Crippen LogP contribution in [-0.2, 0) is 14.9 Å². The number of fused-ring (bicyclic) bond motifs is 2. The van der Waals surface area contributed by atoms with Crippen molar-refractivity contribution in [2.75, 3.05) is 7.05 Å². The lowest BCUT2D eigenvalue weighted by Gasteiger charge is -2.46. The van der Waals surface area contributed by atoms with Gasteiger partial charge in [0, 0.05) is 24.4 Å². The fourth-order valence-electron chi connectivity index (χ4n) is 6.04. The van der Waals surface area contributed by atoms with Crippen LogP contribution in [0.4, 0.5) is 0 Å². The molecule has 0 amide bonds. The van der Waals surface area contributed by atoms with Gasteiger partial charge in [0.15, 0.2) is 0 Å². The largest absolute Gasteiger partial charge is 0.461 e. The Bertz CT molecular complexity index is 837. The third kappa shape index (κ3) is 3.02. The van der Waals surface area contributed by atoms with Crippen molar-refractivity contribution >= 4 is 5.97 Å². The highest BCUT2D eigenvalue weighted by atomic mass is 16.5. The molecule has 0 N–H and O–H groups in total. The third-order valence-electron chi connectivity index (χ3n) is 8.00. The zero-order valence-electron chi connectivity index (χ0n) is 17.5. The van der Waals surface area contributed by atoms with Gasteiger partial charge in [-0.1, -0.05) is 60.7 Å². The van der Waals surface area contributed by atoms with Crippen molar-refractivity contribution in [3.8, 4) is 0 Å². The first-order valence-electron chi connectivity index (χ1n) is 11.1. The fraction of sp³-hybridized carbons (Fsp3) is 0.500. The monoisotopic (exact) mass is 389 g/mol. The Morgan fingerprint density at radius 1 is 1.00 bits per heavy atom. The number of esters is 1. The lowest BCUT2D eigenvalue weighted by atomic mass is 9.76.